The molecule has 0 unspecified atom stereocenters. The summed E-state index contributed by atoms with van der Waals surface area (Å²) in [5.74, 6) is 0. The number of benzene rings is 6. The van der Waals surface area contributed by atoms with Gasteiger partial charge in [0, 0.05) is 34.1 Å². The van der Waals surface area contributed by atoms with Crippen molar-refractivity contribution in [3.05, 3.63) is 148 Å². The van der Waals surface area contributed by atoms with Crippen molar-refractivity contribution in [2.45, 2.75) is 152 Å². The molecule has 8 rings (SSSR count). The highest BCUT2D eigenvalue weighted by molar-refractivity contribution is 7.00. The van der Waals surface area contributed by atoms with Crippen LogP contribution in [-0.4, -0.2) is 6.71 Å². The lowest BCUT2D eigenvalue weighted by Gasteiger charge is -2.45. The molecule has 0 atom stereocenters. The van der Waals surface area contributed by atoms with Crippen LogP contribution in [0.1, 0.15) is 148 Å². The summed E-state index contributed by atoms with van der Waals surface area (Å²) >= 11 is 0. The van der Waals surface area contributed by atoms with E-state index < -0.39 is 0 Å². The highest BCUT2D eigenvalue weighted by Crippen LogP contribution is 2.49. The zero-order chi connectivity index (χ0) is 45.2. The third-order valence-electron chi connectivity index (χ3n) is 13.6. The Labute approximate surface area is 375 Å². The van der Waals surface area contributed by atoms with E-state index in [2.05, 4.69) is 238 Å². The monoisotopic (exact) mass is 819 g/mol. The summed E-state index contributed by atoms with van der Waals surface area (Å²) in [6, 6.07) is 41.2. The van der Waals surface area contributed by atoms with E-state index in [0.29, 0.717) is 0 Å². The van der Waals surface area contributed by atoms with Crippen molar-refractivity contribution >= 4 is 57.2 Å². The molecule has 6 aromatic carbocycles. The summed E-state index contributed by atoms with van der Waals surface area (Å²) in [5, 5.41) is 0. The van der Waals surface area contributed by atoms with E-state index in [9.17, 15) is 0 Å². The first-order chi connectivity index (χ1) is 28.6. The molecule has 0 saturated carbocycles. The number of hydrogen-bond donors (Lipinski definition) is 0. The minimum atomic E-state index is -0.0385. The van der Waals surface area contributed by atoms with Crippen molar-refractivity contribution in [1.29, 1.82) is 0 Å². The van der Waals surface area contributed by atoms with Gasteiger partial charge in [-0.3, -0.25) is 0 Å². The Kier molecular flexibility index (Phi) is 10.2. The van der Waals surface area contributed by atoms with Crippen molar-refractivity contribution in [3.8, 4) is 11.1 Å². The third kappa shape index (κ3) is 7.62. The number of anilines is 6. The van der Waals surface area contributed by atoms with Crippen molar-refractivity contribution in [3.63, 3.8) is 0 Å². The molecular formula is C59H71BN2. The van der Waals surface area contributed by atoms with Crippen LogP contribution >= 0.6 is 0 Å². The minimum absolute atomic E-state index is 0.0180. The van der Waals surface area contributed by atoms with Crippen LogP contribution < -0.4 is 26.2 Å². The Balaban J connectivity index is 1.58. The Bertz CT molecular complexity index is 2640. The quantitative estimate of drug-likeness (QED) is 0.164. The number of rotatable bonds is 3. The fraction of sp³-hybridized carbons (Fsp3) is 0.390. The lowest BCUT2D eigenvalue weighted by Crippen LogP contribution is -2.61. The molecule has 320 valence electrons. The van der Waals surface area contributed by atoms with Crippen LogP contribution in [-0.2, 0) is 27.1 Å². The molecule has 0 amide bonds. The van der Waals surface area contributed by atoms with E-state index >= 15 is 0 Å². The number of fused-ring (bicyclic) bond motifs is 4. The van der Waals surface area contributed by atoms with Crippen molar-refractivity contribution in [1.82, 2.24) is 0 Å². The van der Waals surface area contributed by atoms with Crippen molar-refractivity contribution in [2.75, 3.05) is 9.80 Å². The summed E-state index contributed by atoms with van der Waals surface area (Å²) in [5.41, 5.74) is 24.6. The van der Waals surface area contributed by atoms with Crippen LogP contribution in [0.2, 0.25) is 0 Å². The van der Waals surface area contributed by atoms with E-state index in [1.54, 1.807) is 0 Å². The molecule has 0 N–H and O–H groups in total. The van der Waals surface area contributed by atoms with Gasteiger partial charge in [-0.25, -0.2) is 0 Å². The average molecular weight is 819 g/mol. The predicted molar refractivity (Wildman–Crippen MR) is 274 cm³/mol. The fourth-order valence-corrected chi connectivity index (χ4v) is 9.97. The van der Waals surface area contributed by atoms with Gasteiger partial charge in [-0.2, -0.15) is 0 Å². The maximum Gasteiger partial charge on any atom is 0.252 e. The van der Waals surface area contributed by atoms with E-state index in [-0.39, 0.29) is 33.8 Å². The second kappa shape index (κ2) is 14.5. The van der Waals surface area contributed by atoms with Gasteiger partial charge in [-0.05, 0) is 163 Å². The van der Waals surface area contributed by atoms with Crippen LogP contribution in [0.3, 0.4) is 0 Å². The van der Waals surface area contributed by atoms with Gasteiger partial charge >= 0.3 is 0 Å². The average Bonchev–Trinajstić information content (AvgIpc) is 3.15. The maximum atomic E-state index is 2.64. The molecule has 62 heavy (non-hydrogen) atoms. The summed E-state index contributed by atoms with van der Waals surface area (Å²) in [6.07, 6.45) is 0. The van der Waals surface area contributed by atoms with Gasteiger partial charge in [0.15, 0.2) is 0 Å². The molecule has 0 aromatic heterocycles. The standard InChI is InChI=1S/C59H71BN2/c1-36-25-37(2)53(38(3)26-36)39-27-51-54-52(28-39)62(46-33-43(58(13,14)15)30-44(34-46)59(16,17)18)50-24-23-40(55(4,5)6)35-48(50)60(54)47-21-19-20-22-49(47)61(51)45-31-41(56(7,8)9)29-42(32-45)57(10,11)12/h19-35H,1-18H3. The van der Waals surface area contributed by atoms with Crippen LogP contribution in [0, 0.1) is 20.8 Å². The van der Waals surface area contributed by atoms with E-state index in [4.69, 9.17) is 0 Å². The molecule has 2 aliphatic rings. The van der Waals surface area contributed by atoms with Gasteiger partial charge in [0.1, 0.15) is 0 Å². The Morgan fingerprint density at radius 2 is 0.774 bits per heavy atom. The van der Waals surface area contributed by atoms with Crippen LogP contribution in [0.15, 0.2) is 103 Å². The number of hydrogen-bond acceptors (Lipinski definition) is 2. The smallest absolute Gasteiger partial charge is 0.252 e. The molecule has 0 aliphatic carbocycles. The molecule has 0 radical (unpaired) electrons. The van der Waals surface area contributed by atoms with Gasteiger partial charge < -0.3 is 9.80 Å². The largest absolute Gasteiger partial charge is 0.311 e. The summed E-state index contributed by atoms with van der Waals surface area (Å²) in [4.78, 5) is 5.27. The van der Waals surface area contributed by atoms with Gasteiger partial charge in [0.2, 0.25) is 0 Å². The third-order valence-corrected chi connectivity index (χ3v) is 13.6. The molecule has 0 fully saturated rings. The highest BCUT2D eigenvalue weighted by atomic mass is 15.2. The SMILES string of the molecule is Cc1cc(C)c(-c2cc3c4c(c2)N(c2cc(C(C)(C)C)cc(C(C)(C)C)c2)c2ccc(C(C)(C)C)cc2B4c2ccccc2N3c2cc(C(C)(C)C)cc(C(C)(C)C)c2)c(C)c1. The molecule has 2 aliphatic heterocycles. The van der Waals surface area contributed by atoms with Crippen LogP contribution in [0.5, 0.6) is 0 Å². The molecule has 0 saturated heterocycles. The Morgan fingerprint density at radius 3 is 1.19 bits per heavy atom. The number of aryl methyl sites for hydroxylation is 3. The Hall–Kier alpha value is -5.02. The van der Waals surface area contributed by atoms with Gasteiger partial charge in [0.05, 0.1) is 0 Å². The molecule has 6 aromatic rings. The van der Waals surface area contributed by atoms with E-state index in [0.717, 1.165) is 0 Å². The number of nitrogens with zero attached hydrogens (tertiary/aromatic N) is 2. The highest BCUT2D eigenvalue weighted by Gasteiger charge is 2.44. The molecule has 3 heteroatoms. The molecule has 2 nitrogen and oxygen atoms in total. The second-order valence-corrected chi connectivity index (χ2v) is 23.9. The van der Waals surface area contributed by atoms with Crippen molar-refractivity contribution in [2.24, 2.45) is 0 Å². The lowest BCUT2D eigenvalue weighted by molar-refractivity contribution is 0.568. The number of para-hydroxylation sites is 1. The first-order valence-corrected chi connectivity index (χ1v) is 23.0. The Morgan fingerprint density at radius 1 is 0.371 bits per heavy atom. The zero-order valence-electron chi connectivity index (χ0n) is 41.3. The first kappa shape index (κ1) is 43.6. The normalized spacial score (nSPS) is 14.2. The van der Waals surface area contributed by atoms with Crippen LogP contribution in [0.25, 0.3) is 11.1 Å². The predicted octanol–water partition coefficient (Wildman–Crippen LogP) is 14.8. The molecule has 0 bridgehead atoms. The van der Waals surface area contributed by atoms with Gasteiger partial charge in [-0.15, -0.1) is 0 Å². The van der Waals surface area contributed by atoms with Gasteiger partial charge in [0.25, 0.3) is 6.71 Å². The maximum absolute atomic E-state index is 2.64. The van der Waals surface area contributed by atoms with Crippen LogP contribution in [0.4, 0.5) is 34.1 Å². The lowest BCUT2D eigenvalue weighted by atomic mass is 9.33. The topological polar surface area (TPSA) is 6.48 Å². The molecular weight excluding hydrogens is 747 g/mol. The zero-order valence-corrected chi connectivity index (χ0v) is 41.3. The molecule has 0 spiro atoms. The fourth-order valence-electron chi connectivity index (χ4n) is 9.97. The van der Waals surface area contributed by atoms with E-state index in [1.165, 1.54) is 106 Å². The van der Waals surface area contributed by atoms with Gasteiger partial charge in [-0.1, -0.05) is 164 Å². The minimum Gasteiger partial charge on any atom is -0.311 e. The van der Waals surface area contributed by atoms with E-state index in [1.807, 2.05) is 0 Å². The summed E-state index contributed by atoms with van der Waals surface area (Å²) in [6.45, 7) is 42.1. The second-order valence-electron chi connectivity index (χ2n) is 23.9. The molecule has 2 heterocycles. The first-order valence-electron chi connectivity index (χ1n) is 23.0. The van der Waals surface area contributed by atoms with Crippen molar-refractivity contribution < 1.29 is 0 Å². The summed E-state index contributed by atoms with van der Waals surface area (Å²) in [7, 11) is 0. The summed E-state index contributed by atoms with van der Waals surface area (Å²) < 4.78 is 0.